The Labute approximate surface area is 152 Å². The molecule has 3 rings (SSSR count). The van der Waals surface area contributed by atoms with Gasteiger partial charge in [0.05, 0.1) is 11.9 Å². The van der Waals surface area contributed by atoms with E-state index in [0.29, 0.717) is 0 Å². The summed E-state index contributed by atoms with van der Waals surface area (Å²) in [6.07, 6.45) is -4.82. The van der Waals surface area contributed by atoms with E-state index in [1.165, 1.54) is 7.05 Å². The normalized spacial score (nSPS) is 12.6. The van der Waals surface area contributed by atoms with Crippen molar-refractivity contribution in [2.75, 3.05) is 18.1 Å². The number of alkyl halides is 3. The summed E-state index contributed by atoms with van der Waals surface area (Å²) in [4.78, 5) is 6.85. The van der Waals surface area contributed by atoms with Gasteiger partial charge in [-0.1, -0.05) is 0 Å². The molecule has 0 unspecified atom stereocenters. The molecule has 8 nitrogen and oxygen atoms in total. The first-order valence-electron chi connectivity index (χ1n) is 7.45. The minimum Gasteiger partial charge on any atom is -0.386 e. The third-order valence-electron chi connectivity index (χ3n) is 3.88. The van der Waals surface area contributed by atoms with Crippen LogP contribution in [0.3, 0.4) is 0 Å². The predicted octanol–water partition coefficient (Wildman–Crippen LogP) is 1.40. The summed E-state index contributed by atoms with van der Waals surface area (Å²) in [5.41, 5.74) is 1.73. The highest BCUT2D eigenvalue weighted by atomic mass is 19.4. The van der Waals surface area contributed by atoms with Crippen molar-refractivity contribution in [2.45, 2.75) is 12.1 Å². The van der Waals surface area contributed by atoms with Crippen molar-refractivity contribution in [3.05, 3.63) is 41.5 Å². The summed E-state index contributed by atoms with van der Waals surface area (Å²) >= 11 is 0. The molecule has 0 aliphatic heterocycles. The lowest BCUT2D eigenvalue weighted by atomic mass is 10.1. The average Bonchev–Trinajstić information content (AvgIpc) is 2.97. The van der Waals surface area contributed by atoms with E-state index in [0.717, 1.165) is 12.1 Å². The molecule has 3 aromatic rings. The maximum Gasteiger partial charge on any atom is 0.433 e. The Hall–Kier alpha value is -3.03. The van der Waals surface area contributed by atoms with Crippen LogP contribution in [-0.2, 0) is 12.1 Å². The van der Waals surface area contributed by atoms with Crippen molar-refractivity contribution in [3.63, 3.8) is 0 Å². The summed E-state index contributed by atoms with van der Waals surface area (Å²) in [7, 11) is 1.32. The summed E-state index contributed by atoms with van der Waals surface area (Å²) in [6, 6.07) is 2.07. The molecule has 28 heavy (non-hydrogen) atoms. The second-order valence-electron chi connectivity index (χ2n) is 5.67. The van der Waals surface area contributed by atoms with Gasteiger partial charge in [-0.15, -0.1) is 0 Å². The molecule has 0 saturated heterocycles. The van der Waals surface area contributed by atoms with E-state index >= 15 is 0 Å². The molecule has 2 aromatic heterocycles. The highest BCUT2D eigenvalue weighted by Crippen LogP contribution is 2.38. The number of nitrogens with one attached hydrogen (secondary N) is 1. The first kappa shape index (κ1) is 19.7. The number of aromatic nitrogens is 3. The lowest BCUT2D eigenvalue weighted by Gasteiger charge is -2.16. The van der Waals surface area contributed by atoms with Crippen molar-refractivity contribution in [3.8, 4) is 11.3 Å². The molecule has 0 spiro atoms. The van der Waals surface area contributed by atoms with Crippen molar-refractivity contribution < 1.29 is 37.3 Å². The lowest BCUT2D eigenvalue weighted by Crippen LogP contribution is -2.29. The summed E-state index contributed by atoms with van der Waals surface area (Å²) in [6.45, 7) is 0. The third kappa shape index (κ3) is 2.98. The second-order valence-corrected chi connectivity index (χ2v) is 5.67. The number of anilines is 2. The molecule has 1 aromatic carbocycles. The number of nitrogens with two attached hydrogens (primary N) is 1. The molecule has 0 atom stereocenters. The standard InChI is InChI=1S/C15H12F5N5O3/c1-22-6-3-2-5(8(16)9(6)17)10-11-12(21)23-4-7(14(18,19)20)25(11)13(24-10)15(26,27)28/h2-4,22,26-28H,1H3,(H2,21,23). The average molecular weight is 405 g/mol. The first-order chi connectivity index (χ1) is 12.9. The molecule has 0 aliphatic rings. The molecular weight excluding hydrogens is 393 g/mol. The van der Waals surface area contributed by atoms with Crippen LogP contribution in [0.5, 0.6) is 0 Å². The lowest BCUT2D eigenvalue weighted by molar-refractivity contribution is -0.329. The molecule has 13 heteroatoms. The van der Waals surface area contributed by atoms with E-state index in [1.807, 2.05) is 0 Å². The number of hydrogen-bond donors (Lipinski definition) is 5. The van der Waals surface area contributed by atoms with Gasteiger partial charge in [0, 0.05) is 12.6 Å². The zero-order chi connectivity index (χ0) is 21.0. The van der Waals surface area contributed by atoms with Crippen molar-refractivity contribution >= 4 is 17.0 Å². The number of hydrogen-bond acceptors (Lipinski definition) is 7. The number of halogens is 5. The summed E-state index contributed by atoms with van der Waals surface area (Å²) in [5.74, 6) is -8.64. The number of rotatable bonds is 3. The molecule has 150 valence electrons. The van der Waals surface area contributed by atoms with Crippen LogP contribution in [0.1, 0.15) is 11.5 Å². The minimum absolute atomic E-state index is 0.0704. The second kappa shape index (κ2) is 6.25. The molecule has 0 saturated carbocycles. The van der Waals surface area contributed by atoms with Crippen molar-refractivity contribution in [1.29, 1.82) is 0 Å². The fraction of sp³-hybridized carbons (Fsp3) is 0.200. The van der Waals surface area contributed by atoms with Gasteiger partial charge in [0.15, 0.2) is 11.6 Å². The Morgan fingerprint density at radius 2 is 1.75 bits per heavy atom. The summed E-state index contributed by atoms with van der Waals surface area (Å²) in [5, 5.41) is 30.7. The summed E-state index contributed by atoms with van der Waals surface area (Å²) < 4.78 is 68.7. The monoisotopic (exact) mass is 405 g/mol. The maximum atomic E-state index is 14.5. The Morgan fingerprint density at radius 1 is 1.11 bits per heavy atom. The fourth-order valence-corrected chi connectivity index (χ4v) is 2.68. The van der Waals surface area contributed by atoms with Gasteiger partial charge in [-0.25, -0.2) is 18.7 Å². The largest absolute Gasteiger partial charge is 0.433 e. The molecular formula is C15H12F5N5O3. The number of imidazole rings is 1. The van der Waals surface area contributed by atoms with Crippen LogP contribution in [0.25, 0.3) is 16.8 Å². The highest BCUT2D eigenvalue weighted by molar-refractivity contribution is 5.86. The predicted molar refractivity (Wildman–Crippen MR) is 85.6 cm³/mol. The van der Waals surface area contributed by atoms with Gasteiger partial charge >= 0.3 is 12.1 Å². The number of benzene rings is 1. The Kier molecular flexibility index (Phi) is 4.41. The zero-order valence-electron chi connectivity index (χ0n) is 13.9. The van der Waals surface area contributed by atoms with E-state index in [4.69, 9.17) is 5.73 Å². The van der Waals surface area contributed by atoms with Gasteiger partial charge in [0.1, 0.15) is 22.7 Å². The van der Waals surface area contributed by atoms with Crippen LogP contribution >= 0.6 is 0 Å². The van der Waals surface area contributed by atoms with Crippen LogP contribution in [0.4, 0.5) is 33.5 Å². The third-order valence-corrected chi connectivity index (χ3v) is 3.88. The molecule has 6 N–H and O–H groups in total. The van der Waals surface area contributed by atoms with Gasteiger partial charge < -0.3 is 26.4 Å². The van der Waals surface area contributed by atoms with Gasteiger partial charge in [-0.3, -0.25) is 4.40 Å². The van der Waals surface area contributed by atoms with Gasteiger partial charge in [-0.05, 0) is 12.1 Å². The fourth-order valence-electron chi connectivity index (χ4n) is 2.68. The number of aliphatic hydroxyl groups is 3. The van der Waals surface area contributed by atoms with Gasteiger partial charge in [0.2, 0.25) is 5.82 Å². The van der Waals surface area contributed by atoms with E-state index in [9.17, 15) is 37.3 Å². The highest BCUT2D eigenvalue weighted by Gasteiger charge is 2.40. The molecule has 2 heterocycles. The first-order valence-corrected chi connectivity index (χ1v) is 7.45. The van der Waals surface area contributed by atoms with E-state index in [1.54, 1.807) is 0 Å². The number of fused-ring (bicyclic) bond motifs is 1. The molecule has 0 bridgehead atoms. The van der Waals surface area contributed by atoms with E-state index in [2.05, 4.69) is 15.3 Å². The van der Waals surface area contributed by atoms with E-state index < -0.39 is 57.9 Å². The Balaban J connectivity index is 2.49. The molecule has 0 fully saturated rings. The minimum atomic E-state index is -5.09. The van der Waals surface area contributed by atoms with Crippen molar-refractivity contribution in [1.82, 2.24) is 14.4 Å². The van der Waals surface area contributed by atoms with Crippen LogP contribution in [0, 0.1) is 11.6 Å². The Bertz CT molecular complexity index is 1070. The van der Waals surface area contributed by atoms with Gasteiger partial charge in [0.25, 0.3) is 0 Å². The molecule has 0 aliphatic carbocycles. The maximum absolute atomic E-state index is 14.5. The molecule has 0 radical (unpaired) electrons. The van der Waals surface area contributed by atoms with Crippen molar-refractivity contribution in [2.24, 2.45) is 0 Å². The van der Waals surface area contributed by atoms with Crippen LogP contribution < -0.4 is 11.1 Å². The number of nitrogen functional groups attached to an aromatic ring is 1. The number of nitrogens with zero attached hydrogens (tertiary/aromatic N) is 3. The SMILES string of the molecule is CNc1ccc(-c2nc(C(O)(O)O)n3c(C(F)(F)F)cnc(N)c23)c(F)c1F. The van der Waals surface area contributed by atoms with Gasteiger partial charge in [-0.2, -0.15) is 13.2 Å². The quantitative estimate of drug-likeness (QED) is 0.329. The van der Waals surface area contributed by atoms with E-state index in [-0.39, 0.29) is 16.3 Å². The van der Waals surface area contributed by atoms with Crippen LogP contribution in [0.15, 0.2) is 18.3 Å². The zero-order valence-corrected chi connectivity index (χ0v) is 13.9. The van der Waals surface area contributed by atoms with Crippen LogP contribution in [-0.4, -0.2) is 36.7 Å². The smallest absolute Gasteiger partial charge is 0.386 e. The Morgan fingerprint density at radius 3 is 2.29 bits per heavy atom. The molecule has 0 amide bonds. The van der Waals surface area contributed by atoms with Crippen LogP contribution in [0.2, 0.25) is 0 Å². The topological polar surface area (TPSA) is 129 Å².